The molecule has 6 heteroatoms. The summed E-state index contributed by atoms with van der Waals surface area (Å²) in [6.45, 7) is 1.36. The summed E-state index contributed by atoms with van der Waals surface area (Å²) >= 11 is 0. The van der Waals surface area contributed by atoms with E-state index in [0.29, 0.717) is 37.3 Å². The summed E-state index contributed by atoms with van der Waals surface area (Å²) in [5.41, 5.74) is 2.91. The Morgan fingerprint density at radius 1 is 0.850 bits per heavy atom. The lowest BCUT2D eigenvalue weighted by molar-refractivity contribution is 0.0744. The van der Waals surface area contributed by atoms with Gasteiger partial charge in [-0.2, -0.15) is 0 Å². The van der Waals surface area contributed by atoms with Crippen LogP contribution in [0.5, 0.6) is 0 Å². The smallest absolute Gasteiger partial charge is 0.254 e. The number of aliphatic hydroxyl groups is 2. The number of β-amino-alcohol motifs (C(OH)–C–C–N with tert-alkyl or cyclic N) is 2. The molecule has 0 spiro atoms. The van der Waals surface area contributed by atoms with Crippen molar-refractivity contribution in [3.8, 4) is 0 Å². The van der Waals surface area contributed by atoms with Gasteiger partial charge in [0.05, 0.1) is 13.2 Å². The van der Waals surface area contributed by atoms with Gasteiger partial charge in [0.2, 0.25) is 0 Å². The predicted molar refractivity (Wildman–Crippen MR) is 70.1 cm³/mol. The third-order valence-electron chi connectivity index (χ3n) is 3.83. The minimum Gasteiger partial charge on any atom is -0.395 e. The number of amides is 2. The molecule has 0 bridgehead atoms. The Bertz CT molecular complexity index is 533. The maximum absolute atomic E-state index is 12.2. The van der Waals surface area contributed by atoms with Crippen LogP contribution in [0.2, 0.25) is 0 Å². The molecule has 2 heterocycles. The fourth-order valence-corrected chi connectivity index (χ4v) is 2.85. The van der Waals surface area contributed by atoms with Crippen LogP contribution in [0.25, 0.3) is 0 Å². The van der Waals surface area contributed by atoms with Gasteiger partial charge in [0.15, 0.2) is 0 Å². The molecule has 0 saturated heterocycles. The molecule has 2 aliphatic rings. The average Bonchev–Trinajstić information content (AvgIpc) is 2.89. The zero-order chi connectivity index (χ0) is 14.3. The van der Waals surface area contributed by atoms with Crippen LogP contribution in [-0.2, 0) is 13.1 Å². The highest BCUT2D eigenvalue weighted by molar-refractivity contribution is 6.03. The second-order valence-electron chi connectivity index (χ2n) is 5.07. The minimum atomic E-state index is -0.0927. The molecule has 2 aliphatic heterocycles. The van der Waals surface area contributed by atoms with E-state index in [2.05, 4.69) is 0 Å². The zero-order valence-corrected chi connectivity index (χ0v) is 11.0. The maximum atomic E-state index is 12.2. The number of benzene rings is 1. The Balaban J connectivity index is 1.92. The van der Waals surface area contributed by atoms with Crippen molar-refractivity contribution >= 4 is 11.8 Å². The Labute approximate surface area is 116 Å². The molecular weight excluding hydrogens is 260 g/mol. The first kappa shape index (κ1) is 13.1. The molecule has 2 N–H and O–H groups in total. The van der Waals surface area contributed by atoms with Crippen molar-refractivity contribution < 1.29 is 19.8 Å². The van der Waals surface area contributed by atoms with Gasteiger partial charge in [-0.15, -0.1) is 0 Å². The van der Waals surface area contributed by atoms with Crippen molar-refractivity contribution in [3.05, 3.63) is 34.4 Å². The summed E-state index contributed by atoms with van der Waals surface area (Å²) in [6.07, 6.45) is 0. The zero-order valence-electron chi connectivity index (χ0n) is 11.0. The van der Waals surface area contributed by atoms with Gasteiger partial charge < -0.3 is 20.0 Å². The van der Waals surface area contributed by atoms with Gasteiger partial charge in [-0.1, -0.05) is 0 Å². The molecule has 0 atom stereocenters. The molecular formula is C14H16N2O4. The van der Waals surface area contributed by atoms with Gasteiger partial charge in [-0.25, -0.2) is 0 Å². The first-order valence-corrected chi connectivity index (χ1v) is 6.61. The van der Waals surface area contributed by atoms with Gasteiger partial charge in [0.1, 0.15) is 0 Å². The average molecular weight is 276 g/mol. The third kappa shape index (κ3) is 1.88. The number of carbonyl (C=O) groups excluding carboxylic acids is 2. The predicted octanol–water partition coefficient (Wildman–Crippen LogP) is -0.417. The van der Waals surface area contributed by atoms with Crippen LogP contribution >= 0.6 is 0 Å². The molecule has 106 valence electrons. The van der Waals surface area contributed by atoms with E-state index in [9.17, 15) is 9.59 Å². The van der Waals surface area contributed by atoms with Crippen molar-refractivity contribution in [1.82, 2.24) is 9.80 Å². The Hall–Kier alpha value is -1.92. The monoisotopic (exact) mass is 276 g/mol. The Morgan fingerprint density at radius 3 is 1.60 bits per heavy atom. The second kappa shape index (κ2) is 4.88. The van der Waals surface area contributed by atoms with Gasteiger partial charge in [0, 0.05) is 37.3 Å². The number of hydrogen-bond donors (Lipinski definition) is 2. The molecule has 1 aromatic rings. The van der Waals surface area contributed by atoms with E-state index in [1.54, 1.807) is 21.9 Å². The fraction of sp³-hybridized carbons (Fsp3) is 0.429. The van der Waals surface area contributed by atoms with E-state index in [-0.39, 0.29) is 25.0 Å². The Kier molecular flexibility index (Phi) is 3.19. The summed E-state index contributed by atoms with van der Waals surface area (Å²) in [6, 6.07) is 3.55. The number of nitrogens with zero attached hydrogens (tertiary/aromatic N) is 2. The van der Waals surface area contributed by atoms with Crippen molar-refractivity contribution in [1.29, 1.82) is 0 Å². The first-order valence-electron chi connectivity index (χ1n) is 6.61. The van der Waals surface area contributed by atoms with Gasteiger partial charge in [-0.05, 0) is 23.3 Å². The SMILES string of the molecule is O=C1c2cc3c(cc2CN1CCO)C(=O)N(CCO)C3. The number of carbonyl (C=O) groups is 2. The van der Waals surface area contributed by atoms with E-state index in [1.165, 1.54) is 0 Å². The van der Waals surface area contributed by atoms with E-state index >= 15 is 0 Å². The van der Waals surface area contributed by atoms with Crippen LogP contribution in [0.4, 0.5) is 0 Å². The second-order valence-corrected chi connectivity index (χ2v) is 5.07. The fourth-order valence-electron chi connectivity index (χ4n) is 2.85. The van der Waals surface area contributed by atoms with E-state index in [4.69, 9.17) is 10.2 Å². The molecule has 0 radical (unpaired) electrons. The van der Waals surface area contributed by atoms with Gasteiger partial charge in [-0.3, -0.25) is 9.59 Å². The lowest BCUT2D eigenvalue weighted by Gasteiger charge is -2.13. The van der Waals surface area contributed by atoms with E-state index < -0.39 is 0 Å². The van der Waals surface area contributed by atoms with E-state index in [0.717, 1.165) is 11.1 Å². The summed E-state index contributed by atoms with van der Waals surface area (Å²) in [4.78, 5) is 27.5. The summed E-state index contributed by atoms with van der Waals surface area (Å²) in [5.74, 6) is -0.185. The number of aliphatic hydroxyl groups excluding tert-OH is 2. The van der Waals surface area contributed by atoms with E-state index in [1.807, 2.05) is 0 Å². The number of fused-ring (bicyclic) bond motifs is 2. The summed E-state index contributed by atoms with van der Waals surface area (Å²) < 4.78 is 0. The standard InChI is InChI=1S/C14H16N2O4/c17-3-1-15-7-9-5-12-10(6-11(9)13(15)19)8-16(2-4-18)14(12)20/h5-6,17-18H,1-4,7-8H2. The normalized spacial score (nSPS) is 16.9. The molecule has 2 amide bonds. The minimum absolute atomic E-state index is 0.0668. The Morgan fingerprint density at radius 2 is 1.25 bits per heavy atom. The van der Waals surface area contributed by atoms with Crippen molar-refractivity contribution in [3.63, 3.8) is 0 Å². The highest BCUT2D eigenvalue weighted by Gasteiger charge is 2.33. The lowest BCUT2D eigenvalue weighted by atomic mass is 10.0. The van der Waals surface area contributed by atoms with Crippen LogP contribution in [0.1, 0.15) is 31.8 Å². The molecule has 20 heavy (non-hydrogen) atoms. The topological polar surface area (TPSA) is 81.1 Å². The van der Waals surface area contributed by atoms with Crippen LogP contribution in [0, 0.1) is 0 Å². The quantitative estimate of drug-likeness (QED) is 0.783. The van der Waals surface area contributed by atoms with Crippen LogP contribution in [0.15, 0.2) is 12.1 Å². The van der Waals surface area contributed by atoms with Gasteiger partial charge in [0.25, 0.3) is 11.8 Å². The third-order valence-corrected chi connectivity index (χ3v) is 3.83. The lowest BCUT2D eigenvalue weighted by Crippen LogP contribution is -2.27. The van der Waals surface area contributed by atoms with Crippen molar-refractivity contribution in [2.24, 2.45) is 0 Å². The summed E-state index contributed by atoms with van der Waals surface area (Å²) in [5, 5.41) is 17.9. The van der Waals surface area contributed by atoms with Crippen LogP contribution in [-0.4, -0.2) is 58.1 Å². The molecule has 3 rings (SSSR count). The van der Waals surface area contributed by atoms with Crippen molar-refractivity contribution in [2.45, 2.75) is 13.1 Å². The molecule has 1 aromatic carbocycles. The molecule has 0 aromatic heterocycles. The molecule has 6 nitrogen and oxygen atoms in total. The molecule has 0 aliphatic carbocycles. The molecule has 0 saturated carbocycles. The largest absolute Gasteiger partial charge is 0.395 e. The highest BCUT2D eigenvalue weighted by Crippen LogP contribution is 2.30. The maximum Gasteiger partial charge on any atom is 0.254 e. The van der Waals surface area contributed by atoms with Crippen LogP contribution < -0.4 is 0 Å². The molecule has 0 unspecified atom stereocenters. The number of hydrogen-bond acceptors (Lipinski definition) is 4. The van der Waals surface area contributed by atoms with Gasteiger partial charge >= 0.3 is 0 Å². The molecule has 0 fully saturated rings. The number of rotatable bonds is 4. The highest BCUT2D eigenvalue weighted by atomic mass is 16.3. The van der Waals surface area contributed by atoms with Crippen molar-refractivity contribution in [2.75, 3.05) is 26.3 Å². The first-order chi connectivity index (χ1) is 9.65. The van der Waals surface area contributed by atoms with Crippen LogP contribution in [0.3, 0.4) is 0 Å². The summed E-state index contributed by atoms with van der Waals surface area (Å²) in [7, 11) is 0.